The van der Waals surface area contributed by atoms with Crippen molar-refractivity contribution in [2.75, 3.05) is 17.7 Å². The van der Waals surface area contributed by atoms with Crippen LogP contribution in [0.2, 0.25) is 0 Å². The molecule has 0 radical (unpaired) electrons. The second-order valence-electron chi connectivity index (χ2n) is 3.77. The Morgan fingerprint density at radius 2 is 1.83 bits per heavy atom. The Kier molecular flexibility index (Phi) is 5.71. The predicted molar refractivity (Wildman–Crippen MR) is 73.1 cm³/mol. The number of nitrogens with zero attached hydrogens (tertiary/aromatic N) is 1. The maximum Gasteiger partial charge on any atom is 0.303 e. The fourth-order valence-corrected chi connectivity index (χ4v) is 2.12. The molecule has 5 heteroatoms. The number of aliphatic carboxylic acids is 1. The van der Waals surface area contributed by atoms with Crippen molar-refractivity contribution in [1.29, 1.82) is 0 Å². The minimum absolute atomic E-state index is 0.0251. The van der Waals surface area contributed by atoms with Crippen LogP contribution in [0.4, 0.5) is 5.69 Å². The number of thioether (sulfide) groups is 1. The van der Waals surface area contributed by atoms with Crippen LogP contribution >= 0.6 is 11.8 Å². The normalized spacial score (nSPS) is 10.1. The fraction of sp³-hybridized carbons (Fsp3) is 0.385. The van der Waals surface area contributed by atoms with Gasteiger partial charge in [-0.3, -0.25) is 9.59 Å². The van der Waals surface area contributed by atoms with Gasteiger partial charge in [-0.05, 0) is 30.0 Å². The van der Waals surface area contributed by atoms with Crippen LogP contribution in [0.3, 0.4) is 0 Å². The van der Waals surface area contributed by atoms with Crippen LogP contribution in [0, 0.1) is 0 Å². The van der Waals surface area contributed by atoms with Gasteiger partial charge in [-0.1, -0.05) is 6.92 Å². The van der Waals surface area contributed by atoms with E-state index < -0.39 is 5.97 Å². The molecule has 0 fully saturated rings. The monoisotopic (exact) mass is 267 g/mol. The van der Waals surface area contributed by atoms with Gasteiger partial charge >= 0.3 is 5.97 Å². The molecule has 1 aromatic rings. The summed E-state index contributed by atoms with van der Waals surface area (Å²) in [5.74, 6) is -0.132. The van der Waals surface area contributed by atoms with Crippen LogP contribution in [-0.2, 0) is 9.59 Å². The first-order chi connectivity index (χ1) is 8.54. The molecule has 0 saturated heterocycles. The maximum atomic E-state index is 11.7. The highest BCUT2D eigenvalue weighted by molar-refractivity contribution is 7.99. The largest absolute Gasteiger partial charge is 0.481 e. The first-order valence-electron chi connectivity index (χ1n) is 5.75. The average molecular weight is 267 g/mol. The molecule has 1 N–H and O–H groups in total. The van der Waals surface area contributed by atoms with Crippen molar-refractivity contribution in [2.24, 2.45) is 0 Å². The quantitative estimate of drug-likeness (QED) is 0.805. The molecular weight excluding hydrogens is 250 g/mol. The molecule has 0 atom stereocenters. The average Bonchev–Trinajstić information content (AvgIpc) is 2.36. The Morgan fingerprint density at radius 1 is 1.22 bits per heavy atom. The summed E-state index contributed by atoms with van der Waals surface area (Å²) in [6, 6.07) is 7.67. The summed E-state index contributed by atoms with van der Waals surface area (Å²) in [4.78, 5) is 24.8. The predicted octanol–water partition coefficient (Wildman–Crippen LogP) is 2.63. The number of amides is 1. The maximum absolute atomic E-state index is 11.7. The van der Waals surface area contributed by atoms with Gasteiger partial charge in [-0.2, -0.15) is 0 Å². The Bertz CT molecular complexity index is 417. The molecule has 1 rings (SSSR count). The number of carbonyl (C=O) groups excluding carboxylic acids is 1. The fourth-order valence-electron chi connectivity index (χ4n) is 1.46. The van der Waals surface area contributed by atoms with E-state index in [0.29, 0.717) is 0 Å². The van der Waals surface area contributed by atoms with Crippen LogP contribution in [-0.4, -0.2) is 29.8 Å². The first kappa shape index (κ1) is 14.6. The van der Waals surface area contributed by atoms with Crippen molar-refractivity contribution in [3.63, 3.8) is 0 Å². The highest BCUT2D eigenvalue weighted by Crippen LogP contribution is 2.21. The van der Waals surface area contributed by atoms with Gasteiger partial charge in [0.1, 0.15) is 0 Å². The lowest BCUT2D eigenvalue weighted by molar-refractivity contribution is -0.138. The van der Waals surface area contributed by atoms with Crippen molar-refractivity contribution >= 4 is 29.3 Å². The van der Waals surface area contributed by atoms with E-state index in [-0.39, 0.29) is 18.7 Å². The van der Waals surface area contributed by atoms with E-state index in [1.807, 2.05) is 24.3 Å². The van der Waals surface area contributed by atoms with Crippen LogP contribution in [0.25, 0.3) is 0 Å². The van der Waals surface area contributed by atoms with E-state index in [9.17, 15) is 9.59 Å². The van der Waals surface area contributed by atoms with Crippen molar-refractivity contribution in [2.45, 2.75) is 24.7 Å². The molecule has 0 aliphatic heterocycles. The number of benzene rings is 1. The topological polar surface area (TPSA) is 57.6 Å². The van der Waals surface area contributed by atoms with Crippen molar-refractivity contribution in [1.82, 2.24) is 0 Å². The first-order valence-corrected chi connectivity index (χ1v) is 6.74. The summed E-state index contributed by atoms with van der Waals surface area (Å²) in [6.07, 6.45) is -0.107. The van der Waals surface area contributed by atoms with E-state index in [0.717, 1.165) is 16.3 Å². The van der Waals surface area contributed by atoms with E-state index in [1.54, 1.807) is 18.8 Å². The SMILES string of the molecule is CCSc1ccc(N(C)C(=O)CCC(=O)O)cc1. The van der Waals surface area contributed by atoms with Gasteiger partial charge in [-0.15, -0.1) is 11.8 Å². The minimum atomic E-state index is -0.952. The number of carbonyl (C=O) groups is 2. The lowest BCUT2D eigenvalue weighted by Crippen LogP contribution is -2.26. The Balaban J connectivity index is 2.62. The zero-order valence-corrected chi connectivity index (χ0v) is 11.4. The van der Waals surface area contributed by atoms with Crippen LogP contribution < -0.4 is 4.90 Å². The third-order valence-electron chi connectivity index (χ3n) is 2.46. The van der Waals surface area contributed by atoms with Gasteiger partial charge in [0.2, 0.25) is 5.91 Å². The summed E-state index contributed by atoms with van der Waals surface area (Å²) in [7, 11) is 1.66. The van der Waals surface area contributed by atoms with Crippen LogP contribution in [0.15, 0.2) is 29.2 Å². The highest BCUT2D eigenvalue weighted by Gasteiger charge is 2.12. The third kappa shape index (κ3) is 4.41. The second-order valence-corrected chi connectivity index (χ2v) is 5.11. The summed E-state index contributed by atoms with van der Waals surface area (Å²) >= 11 is 1.74. The van der Waals surface area contributed by atoms with E-state index in [4.69, 9.17) is 5.11 Å². The third-order valence-corrected chi connectivity index (χ3v) is 3.36. The van der Waals surface area contributed by atoms with Gasteiger partial charge in [0.15, 0.2) is 0 Å². The van der Waals surface area contributed by atoms with Gasteiger partial charge in [-0.25, -0.2) is 0 Å². The van der Waals surface area contributed by atoms with E-state index >= 15 is 0 Å². The number of hydrogen-bond acceptors (Lipinski definition) is 3. The standard InChI is InChI=1S/C13H17NO3S/c1-3-18-11-6-4-10(5-7-11)14(2)12(15)8-9-13(16)17/h4-7H,3,8-9H2,1-2H3,(H,16,17). The van der Waals surface area contributed by atoms with Gasteiger partial charge in [0.05, 0.1) is 6.42 Å². The lowest BCUT2D eigenvalue weighted by atomic mass is 10.2. The molecule has 0 aromatic heterocycles. The Hall–Kier alpha value is -1.49. The van der Waals surface area contributed by atoms with Crippen LogP contribution in [0.5, 0.6) is 0 Å². The molecule has 18 heavy (non-hydrogen) atoms. The number of anilines is 1. The second kappa shape index (κ2) is 7.06. The minimum Gasteiger partial charge on any atom is -0.481 e. The van der Waals surface area contributed by atoms with Crippen LogP contribution in [0.1, 0.15) is 19.8 Å². The molecule has 1 aromatic carbocycles. The molecule has 4 nitrogen and oxygen atoms in total. The number of carboxylic acid groups (broad SMARTS) is 1. The molecule has 0 spiro atoms. The number of hydrogen-bond donors (Lipinski definition) is 1. The zero-order valence-electron chi connectivity index (χ0n) is 10.5. The smallest absolute Gasteiger partial charge is 0.303 e. The van der Waals surface area contributed by atoms with Gasteiger partial charge < -0.3 is 10.0 Å². The lowest BCUT2D eigenvalue weighted by Gasteiger charge is -2.17. The molecule has 0 unspecified atom stereocenters. The highest BCUT2D eigenvalue weighted by atomic mass is 32.2. The van der Waals surface area contributed by atoms with Gasteiger partial charge in [0, 0.05) is 24.1 Å². The van der Waals surface area contributed by atoms with E-state index in [1.165, 1.54) is 4.90 Å². The summed E-state index contributed by atoms with van der Waals surface area (Å²) in [6.45, 7) is 2.08. The molecule has 0 saturated carbocycles. The Morgan fingerprint density at radius 3 is 2.33 bits per heavy atom. The molecular formula is C13H17NO3S. The molecule has 0 bridgehead atoms. The Labute approximate surface area is 111 Å². The molecule has 98 valence electrons. The summed E-state index contributed by atoms with van der Waals surface area (Å²) in [5, 5.41) is 8.54. The van der Waals surface area contributed by atoms with Crippen molar-refractivity contribution < 1.29 is 14.7 Å². The summed E-state index contributed by atoms with van der Waals surface area (Å²) < 4.78 is 0. The molecule has 0 aliphatic rings. The van der Waals surface area contributed by atoms with Gasteiger partial charge in [0.25, 0.3) is 0 Å². The summed E-state index contributed by atoms with van der Waals surface area (Å²) in [5.41, 5.74) is 0.783. The van der Waals surface area contributed by atoms with E-state index in [2.05, 4.69) is 6.92 Å². The number of rotatable bonds is 6. The molecule has 0 aliphatic carbocycles. The molecule has 1 amide bonds. The number of carboxylic acids is 1. The van der Waals surface area contributed by atoms with Crippen molar-refractivity contribution in [3.05, 3.63) is 24.3 Å². The van der Waals surface area contributed by atoms with Crippen molar-refractivity contribution in [3.8, 4) is 0 Å². The zero-order chi connectivity index (χ0) is 13.5. The molecule has 0 heterocycles.